The van der Waals surface area contributed by atoms with Crippen molar-refractivity contribution in [3.63, 3.8) is 0 Å². The molecule has 0 radical (unpaired) electrons. The van der Waals surface area contributed by atoms with Crippen LogP contribution >= 0.6 is 0 Å². The van der Waals surface area contributed by atoms with Crippen LogP contribution in [0, 0.1) is 0 Å². The van der Waals surface area contributed by atoms with Gasteiger partial charge in [0.2, 0.25) is 0 Å². The van der Waals surface area contributed by atoms with Crippen LogP contribution < -0.4 is 4.74 Å². The van der Waals surface area contributed by atoms with Gasteiger partial charge in [-0.1, -0.05) is 76.8 Å². The molecule has 0 aliphatic rings. The van der Waals surface area contributed by atoms with Crippen LogP contribution in [0.15, 0.2) is 48.5 Å². The van der Waals surface area contributed by atoms with Gasteiger partial charge in [0.05, 0.1) is 12.2 Å². The summed E-state index contributed by atoms with van der Waals surface area (Å²) in [6.45, 7) is 4.02. The summed E-state index contributed by atoms with van der Waals surface area (Å²) in [4.78, 5) is 32.6. The van der Waals surface area contributed by atoms with Gasteiger partial charge in [0.1, 0.15) is 5.75 Å². The first-order valence-electron chi connectivity index (χ1n) is 12.2. The molecule has 0 amide bonds. The lowest BCUT2D eigenvalue weighted by atomic mass is 10.0. The summed E-state index contributed by atoms with van der Waals surface area (Å²) in [6, 6.07) is 13.1. The quantitative estimate of drug-likeness (QED) is 0.214. The van der Waals surface area contributed by atoms with Crippen LogP contribution in [0.4, 0.5) is 0 Å². The molecular weight excluding hydrogens is 432 g/mol. The van der Waals surface area contributed by atoms with E-state index in [2.05, 4.69) is 6.92 Å². The number of carboxylic acids is 2. The molecule has 0 aliphatic carbocycles. The molecule has 0 bridgehead atoms. The first kappa shape index (κ1) is 28.9. The van der Waals surface area contributed by atoms with Crippen molar-refractivity contribution in [3.05, 3.63) is 65.2 Å². The highest BCUT2D eigenvalue weighted by molar-refractivity contribution is 6.09. The maximum Gasteiger partial charge on any atom is 0.335 e. The lowest BCUT2D eigenvalue weighted by molar-refractivity contribution is -0.134. The van der Waals surface area contributed by atoms with Gasteiger partial charge >= 0.3 is 5.97 Å². The molecule has 2 N–H and O–H groups in total. The lowest BCUT2D eigenvalue weighted by Crippen LogP contribution is -2.04. The van der Waals surface area contributed by atoms with E-state index in [1.807, 2.05) is 0 Å². The highest BCUT2D eigenvalue weighted by Crippen LogP contribution is 2.17. The molecule has 34 heavy (non-hydrogen) atoms. The van der Waals surface area contributed by atoms with Crippen LogP contribution in [0.1, 0.15) is 104 Å². The molecule has 0 saturated carbocycles. The van der Waals surface area contributed by atoms with E-state index in [0.717, 1.165) is 19.1 Å². The average molecular weight is 471 g/mol. The number of benzene rings is 2. The number of aromatic carboxylic acids is 1. The summed E-state index contributed by atoms with van der Waals surface area (Å²) in [5, 5.41) is 16.5. The Labute approximate surface area is 203 Å². The Balaban J connectivity index is 0.00000133. The Morgan fingerprint density at radius 1 is 0.706 bits per heavy atom. The third-order valence-corrected chi connectivity index (χ3v) is 5.25. The molecule has 0 saturated heterocycles. The molecule has 0 aromatic heterocycles. The largest absolute Gasteiger partial charge is 0.494 e. The van der Waals surface area contributed by atoms with Crippen molar-refractivity contribution in [1.82, 2.24) is 0 Å². The Hall–Kier alpha value is -3.15. The number of hydrogen-bond donors (Lipinski definition) is 2. The summed E-state index contributed by atoms with van der Waals surface area (Å²) in [5.74, 6) is -1.32. The molecule has 6 nitrogen and oxygen atoms in total. The number of carbonyl (C=O) groups excluding carboxylic acids is 1. The summed E-state index contributed by atoms with van der Waals surface area (Å²) >= 11 is 0. The molecule has 186 valence electrons. The third-order valence-electron chi connectivity index (χ3n) is 5.25. The first-order chi connectivity index (χ1) is 16.3. The van der Waals surface area contributed by atoms with Gasteiger partial charge in [0, 0.05) is 18.1 Å². The maximum atomic E-state index is 12.6. The molecule has 0 unspecified atom stereocenters. The minimum atomic E-state index is -1.04. The van der Waals surface area contributed by atoms with Gasteiger partial charge in [-0.25, -0.2) is 4.79 Å². The van der Waals surface area contributed by atoms with E-state index in [4.69, 9.17) is 19.7 Å². The SMILES string of the molecule is CC(=O)O.CCCCCCCCCCCCOc1ccc(C(=O)c2cccc(C(=O)O)c2)cc1. The highest BCUT2D eigenvalue weighted by atomic mass is 16.5. The predicted octanol–water partition coefficient (Wildman–Crippen LogP) is 7.01. The van der Waals surface area contributed by atoms with Crippen molar-refractivity contribution in [2.24, 2.45) is 0 Å². The molecule has 0 heterocycles. The fraction of sp³-hybridized carbons (Fsp3) is 0.464. The Kier molecular flexibility index (Phi) is 14.7. The highest BCUT2D eigenvalue weighted by Gasteiger charge is 2.12. The second-order valence-corrected chi connectivity index (χ2v) is 8.29. The second-order valence-electron chi connectivity index (χ2n) is 8.29. The van der Waals surface area contributed by atoms with Crippen molar-refractivity contribution >= 4 is 17.7 Å². The number of hydrogen-bond acceptors (Lipinski definition) is 4. The van der Waals surface area contributed by atoms with Gasteiger partial charge < -0.3 is 14.9 Å². The first-order valence-corrected chi connectivity index (χ1v) is 12.2. The molecule has 2 rings (SSSR count). The second kappa shape index (κ2) is 17.3. The third kappa shape index (κ3) is 12.8. The van der Waals surface area contributed by atoms with Crippen LogP contribution in [-0.2, 0) is 4.79 Å². The van der Waals surface area contributed by atoms with E-state index in [1.165, 1.54) is 69.9 Å². The molecule has 6 heteroatoms. The Bertz CT molecular complexity index is 869. The molecule has 2 aromatic rings. The van der Waals surface area contributed by atoms with Gasteiger partial charge in [-0.3, -0.25) is 9.59 Å². The van der Waals surface area contributed by atoms with Gasteiger partial charge in [0.25, 0.3) is 5.97 Å². The van der Waals surface area contributed by atoms with E-state index in [9.17, 15) is 9.59 Å². The van der Waals surface area contributed by atoms with Crippen LogP contribution in [0.2, 0.25) is 0 Å². The van der Waals surface area contributed by atoms with Gasteiger partial charge in [-0.15, -0.1) is 0 Å². The van der Waals surface area contributed by atoms with E-state index in [-0.39, 0.29) is 11.3 Å². The number of carbonyl (C=O) groups is 3. The van der Waals surface area contributed by atoms with Crippen molar-refractivity contribution in [2.75, 3.05) is 6.61 Å². The van der Waals surface area contributed by atoms with E-state index in [0.29, 0.717) is 17.7 Å². The molecule has 0 atom stereocenters. The number of carboxylic acid groups (broad SMARTS) is 2. The summed E-state index contributed by atoms with van der Waals surface area (Å²) in [6.07, 6.45) is 12.9. The maximum absolute atomic E-state index is 12.6. The van der Waals surface area contributed by atoms with Crippen LogP contribution in [0.3, 0.4) is 0 Å². The Morgan fingerprint density at radius 3 is 1.74 bits per heavy atom. The van der Waals surface area contributed by atoms with Crippen LogP contribution in [0.5, 0.6) is 5.75 Å². The Morgan fingerprint density at radius 2 is 1.21 bits per heavy atom. The van der Waals surface area contributed by atoms with E-state index < -0.39 is 11.9 Å². The smallest absolute Gasteiger partial charge is 0.335 e. The zero-order valence-electron chi connectivity index (χ0n) is 20.4. The molecule has 0 fully saturated rings. The van der Waals surface area contributed by atoms with Crippen LogP contribution in [0.25, 0.3) is 0 Å². The fourth-order valence-corrected chi connectivity index (χ4v) is 3.44. The minimum absolute atomic E-state index is 0.109. The number of ketones is 1. The van der Waals surface area contributed by atoms with Gasteiger partial charge in [0.15, 0.2) is 5.78 Å². The van der Waals surface area contributed by atoms with Gasteiger partial charge in [-0.2, -0.15) is 0 Å². The standard InChI is InChI=1S/C26H34O4.C2H4O2/c1-2-3-4-5-6-7-8-9-10-11-19-30-24-17-15-21(16-18-24)25(27)22-13-12-14-23(20-22)26(28)29;1-2(3)4/h12-18,20H,2-11,19H2,1H3,(H,28,29);1H3,(H,3,4). The predicted molar refractivity (Wildman–Crippen MR) is 134 cm³/mol. The zero-order chi connectivity index (χ0) is 25.2. The number of rotatable bonds is 15. The number of unbranched alkanes of at least 4 members (excludes halogenated alkanes) is 9. The topological polar surface area (TPSA) is 101 Å². The molecule has 0 aliphatic heterocycles. The summed E-state index contributed by atoms with van der Waals surface area (Å²) < 4.78 is 5.78. The lowest BCUT2D eigenvalue weighted by Gasteiger charge is -2.08. The summed E-state index contributed by atoms with van der Waals surface area (Å²) in [5.41, 5.74) is 0.995. The van der Waals surface area contributed by atoms with Crippen LogP contribution in [-0.4, -0.2) is 34.5 Å². The normalized spacial score (nSPS) is 10.2. The molecule has 2 aromatic carbocycles. The van der Waals surface area contributed by atoms with Crippen molar-refractivity contribution in [2.45, 2.75) is 78.1 Å². The number of ether oxygens (including phenoxy) is 1. The van der Waals surface area contributed by atoms with E-state index in [1.54, 1.807) is 36.4 Å². The fourth-order valence-electron chi connectivity index (χ4n) is 3.44. The monoisotopic (exact) mass is 470 g/mol. The number of aliphatic carboxylic acids is 1. The van der Waals surface area contributed by atoms with Gasteiger partial charge in [-0.05, 0) is 42.8 Å². The zero-order valence-corrected chi connectivity index (χ0v) is 20.4. The van der Waals surface area contributed by atoms with Crippen molar-refractivity contribution in [1.29, 1.82) is 0 Å². The van der Waals surface area contributed by atoms with Crippen molar-refractivity contribution < 1.29 is 29.3 Å². The summed E-state index contributed by atoms with van der Waals surface area (Å²) in [7, 11) is 0. The van der Waals surface area contributed by atoms with Crippen molar-refractivity contribution in [3.8, 4) is 5.75 Å². The molecule has 0 spiro atoms. The molecular formula is C28H38O6. The van der Waals surface area contributed by atoms with E-state index >= 15 is 0 Å². The minimum Gasteiger partial charge on any atom is -0.494 e. The average Bonchev–Trinajstić information content (AvgIpc) is 2.82.